The highest BCUT2D eigenvalue weighted by atomic mass is 16.7. The third kappa shape index (κ3) is 4.07. The van der Waals surface area contributed by atoms with Crippen molar-refractivity contribution in [3.8, 4) is 0 Å². The summed E-state index contributed by atoms with van der Waals surface area (Å²) in [6, 6.07) is 0. The van der Waals surface area contributed by atoms with E-state index in [1.807, 2.05) is 0 Å². The molecule has 0 aromatic rings. The van der Waals surface area contributed by atoms with Gasteiger partial charge in [0.1, 0.15) is 0 Å². The van der Waals surface area contributed by atoms with Crippen molar-refractivity contribution in [2.45, 2.75) is 25.6 Å². The van der Waals surface area contributed by atoms with Gasteiger partial charge in [-0.1, -0.05) is 0 Å². The molecule has 0 aromatic heterocycles. The van der Waals surface area contributed by atoms with Crippen molar-refractivity contribution in [1.82, 2.24) is 0 Å². The first-order chi connectivity index (χ1) is 7.45. The van der Waals surface area contributed by atoms with Gasteiger partial charge in [-0.15, -0.1) is 0 Å². The molecule has 0 radical (unpaired) electrons. The van der Waals surface area contributed by atoms with Gasteiger partial charge in [-0.25, -0.2) is 0 Å². The highest BCUT2D eigenvalue weighted by Gasteiger charge is 2.17. The lowest BCUT2D eigenvalue weighted by atomic mass is 10.1. The summed E-state index contributed by atoms with van der Waals surface area (Å²) in [6.07, 6.45) is 2.94. The van der Waals surface area contributed by atoms with Crippen LogP contribution in [0.15, 0.2) is 0 Å². The monoisotopic (exact) mass is 216 g/mol. The van der Waals surface area contributed by atoms with Gasteiger partial charge in [0.25, 0.3) is 0 Å². The van der Waals surface area contributed by atoms with E-state index in [1.165, 1.54) is 0 Å². The molecule has 0 aromatic carbocycles. The lowest BCUT2D eigenvalue weighted by Gasteiger charge is -2.23. The van der Waals surface area contributed by atoms with Gasteiger partial charge in [-0.2, -0.15) is 0 Å². The van der Waals surface area contributed by atoms with E-state index in [4.69, 9.17) is 18.9 Å². The highest BCUT2D eigenvalue weighted by Crippen LogP contribution is 2.13. The van der Waals surface area contributed by atoms with Crippen molar-refractivity contribution < 1.29 is 18.9 Å². The van der Waals surface area contributed by atoms with Crippen LogP contribution >= 0.6 is 0 Å². The molecule has 2 aliphatic rings. The van der Waals surface area contributed by atoms with Gasteiger partial charge in [-0.3, -0.25) is 0 Å². The third-order valence-corrected chi connectivity index (χ3v) is 2.77. The van der Waals surface area contributed by atoms with Gasteiger partial charge in [0.2, 0.25) is 0 Å². The van der Waals surface area contributed by atoms with E-state index in [9.17, 15) is 0 Å². The summed E-state index contributed by atoms with van der Waals surface area (Å²) in [5.41, 5.74) is 0. The van der Waals surface area contributed by atoms with Crippen molar-refractivity contribution in [3.63, 3.8) is 0 Å². The molecule has 0 N–H and O–H groups in total. The Labute approximate surface area is 90.8 Å². The molecule has 0 spiro atoms. The van der Waals surface area contributed by atoms with Gasteiger partial charge in [-0.05, 0) is 12.8 Å². The predicted molar refractivity (Wildman–Crippen MR) is 54.7 cm³/mol. The topological polar surface area (TPSA) is 36.9 Å². The molecule has 2 saturated heterocycles. The molecule has 0 bridgehead atoms. The predicted octanol–water partition coefficient (Wildman–Crippen LogP) is 1.19. The van der Waals surface area contributed by atoms with Crippen LogP contribution in [0.2, 0.25) is 0 Å². The molecule has 2 rings (SSSR count). The fourth-order valence-corrected chi connectivity index (χ4v) is 1.85. The highest BCUT2D eigenvalue weighted by molar-refractivity contribution is 4.62. The summed E-state index contributed by atoms with van der Waals surface area (Å²) in [5, 5.41) is 0. The van der Waals surface area contributed by atoms with Crippen molar-refractivity contribution in [3.05, 3.63) is 0 Å². The average molecular weight is 216 g/mol. The van der Waals surface area contributed by atoms with Gasteiger partial charge in [0.15, 0.2) is 6.29 Å². The van der Waals surface area contributed by atoms with Crippen LogP contribution in [0.4, 0.5) is 0 Å². The zero-order valence-electron chi connectivity index (χ0n) is 9.15. The Balaban J connectivity index is 1.47. The zero-order chi connectivity index (χ0) is 10.3. The molecular weight excluding hydrogens is 196 g/mol. The molecule has 1 atom stereocenters. The van der Waals surface area contributed by atoms with Crippen LogP contribution in [0.3, 0.4) is 0 Å². The first-order valence-electron chi connectivity index (χ1n) is 5.84. The third-order valence-electron chi connectivity index (χ3n) is 2.77. The van der Waals surface area contributed by atoms with E-state index in [2.05, 4.69) is 0 Å². The average Bonchev–Trinajstić information content (AvgIpc) is 2.79. The van der Waals surface area contributed by atoms with Crippen molar-refractivity contribution >= 4 is 0 Å². The van der Waals surface area contributed by atoms with Crippen LogP contribution in [0.25, 0.3) is 0 Å². The van der Waals surface area contributed by atoms with Crippen molar-refractivity contribution in [2.24, 2.45) is 5.92 Å². The van der Waals surface area contributed by atoms with Crippen LogP contribution in [-0.2, 0) is 18.9 Å². The summed E-state index contributed by atoms with van der Waals surface area (Å²) in [7, 11) is 0. The number of hydrogen-bond donors (Lipinski definition) is 0. The Morgan fingerprint density at radius 3 is 2.73 bits per heavy atom. The van der Waals surface area contributed by atoms with E-state index in [0.29, 0.717) is 5.92 Å². The van der Waals surface area contributed by atoms with Crippen LogP contribution in [0, 0.1) is 5.92 Å². The van der Waals surface area contributed by atoms with Crippen LogP contribution in [0.1, 0.15) is 19.3 Å². The summed E-state index contributed by atoms with van der Waals surface area (Å²) < 4.78 is 21.7. The van der Waals surface area contributed by atoms with Crippen molar-refractivity contribution in [2.75, 3.05) is 39.6 Å². The maximum absolute atomic E-state index is 5.58. The lowest BCUT2D eigenvalue weighted by molar-refractivity contribution is -0.186. The van der Waals surface area contributed by atoms with Crippen LogP contribution < -0.4 is 0 Å². The normalized spacial score (nSPS) is 28.4. The van der Waals surface area contributed by atoms with Gasteiger partial charge in [0.05, 0.1) is 33.0 Å². The standard InChI is InChI=1S/C11H20O4/c1-4-14-11(15-5-1)3-7-13-9-10-2-6-12-8-10/h10-11H,1-9H2. The fourth-order valence-electron chi connectivity index (χ4n) is 1.85. The molecule has 2 aliphatic heterocycles. The maximum Gasteiger partial charge on any atom is 0.159 e. The molecular formula is C11H20O4. The summed E-state index contributed by atoms with van der Waals surface area (Å²) in [4.78, 5) is 0. The van der Waals surface area contributed by atoms with Gasteiger partial charge >= 0.3 is 0 Å². The fraction of sp³-hybridized carbons (Fsp3) is 1.00. The first kappa shape index (κ1) is 11.3. The molecule has 2 fully saturated rings. The minimum atomic E-state index is -0.0430. The Hall–Kier alpha value is -0.160. The SMILES string of the molecule is C1COC(CCOCC2CCOC2)OC1. The maximum atomic E-state index is 5.58. The number of ether oxygens (including phenoxy) is 4. The molecule has 0 aliphatic carbocycles. The second kappa shape index (κ2) is 6.43. The van der Waals surface area contributed by atoms with E-state index in [0.717, 1.165) is 58.9 Å². The molecule has 88 valence electrons. The molecule has 4 nitrogen and oxygen atoms in total. The van der Waals surface area contributed by atoms with Crippen molar-refractivity contribution in [1.29, 1.82) is 0 Å². The molecule has 0 saturated carbocycles. The second-order valence-corrected chi connectivity index (χ2v) is 4.12. The minimum Gasteiger partial charge on any atom is -0.381 e. The summed E-state index contributed by atoms with van der Waals surface area (Å²) in [6.45, 7) is 4.93. The molecule has 4 heteroatoms. The first-order valence-corrected chi connectivity index (χ1v) is 5.84. The Morgan fingerprint density at radius 2 is 2.00 bits per heavy atom. The second-order valence-electron chi connectivity index (χ2n) is 4.12. The Morgan fingerprint density at radius 1 is 1.13 bits per heavy atom. The molecule has 2 heterocycles. The van der Waals surface area contributed by atoms with E-state index in [-0.39, 0.29) is 6.29 Å². The van der Waals surface area contributed by atoms with Crippen LogP contribution in [0.5, 0.6) is 0 Å². The van der Waals surface area contributed by atoms with Gasteiger partial charge in [0, 0.05) is 18.9 Å². The summed E-state index contributed by atoms with van der Waals surface area (Å²) >= 11 is 0. The van der Waals surface area contributed by atoms with E-state index >= 15 is 0 Å². The number of rotatable bonds is 5. The lowest BCUT2D eigenvalue weighted by Crippen LogP contribution is -2.26. The quantitative estimate of drug-likeness (QED) is 0.647. The van der Waals surface area contributed by atoms with E-state index in [1.54, 1.807) is 0 Å². The summed E-state index contributed by atoms with van der Waals surface area (Å²) in [5.74, 6) is 0.596. The Kier molecular flexibility index (Phi) is 4.86. The molecule has 0 amide bonds. The number of hydrogen-bond acceptors (Lipinski definition) is 4. The zero-order valence-corrected chi connectivity index (χ0v) is 9.15. The largest absolute Gasteiger partial charge is 0.381 e. The smallest absolute Gasteiger partial charge is 0.159 e. The van der Waals surface area contributed by atoms with Gasteiger partial charge < -0.3 is 18.9 Å². The van der Waals surface area contributed by atoms with E-state index < -0.39 is 0 Å². The molecule has 15 heavy (non-hydrogen) atoms. The minimum absolute atomic E-state index is 0.0430. The van der Waals surface area contributed by atoms with Crippen LogP contribution in [-0.4, -0.2) is 45.9 Å². The Bertz CT molecular complexity index is 162. The molecule has 1 unspecified atom stereocenters.